The quantitative estimate of drug-likeness (QED) is 0.588. The summed E-state index contributed by atoms with van der Waals surface area (Å²) >= 11 is 0. The van der Waals surface area contributed by atoms with Crippen molar-refractivity contribution >= 4 is 16.0 Å². The van der Waals surface area contributed by atoms with Gasteiger partial charge in [0.05, 0.1) is 23.4 Å². The van der Waals surface area contributed by atoms with E-state index in [-0.39, 0.29) is 23.0 Å². The summed E-state index contributed by atoms with van der Waals surface area (Å²) < 4.78 is 39.8. The van der Waals surface area contributed by atoms with E-state index in [0.717, 1.165) is 5.56 Å². The summed E-state index contributed by atoms with van der Waals surface area (Å²) in [7, 11) is -4.16. The number of fused-ring (bicyclic) bond motifs is 2. The van der Waals surface area contributed by atoms with E-state index in [1.54, 1.807) is 42.5 Å². The number of rotatable bonds is 5. The van der Waals surface area contributed by atoms with Gasteiger partial charge in [0.2, 0.25) is 16.8 Å². The first-order valence-corrected chi connectivity index (χ1v) is 11.7. The summed E-state index contributed by atoms with van der Waals surface area (Å²) in [6.07, 6.45) is -0.427. The van der Waals surface area contributed by atoms with Gasteiger partial charge in [0.1, 0.15) is 5.75 Å². The highest BCUT2D eigenvalue weighted by molar-refractivity contribution is 7.89. The number of carbonyl (C=O) groups is 1. The Hall–Kier alpha value is -3.56. The fourth-order valence-corrected chi connectivity index (χ4v) is 6.24. The van der Waals surface area contributed by atoms with Crippen LogP contribution in [0.5, 0.6) is 17.2 Å². The van der Waals surface area contributed by atoms with E-state index >= 15 is 0 Å². The Labute approximate surface area is 190 Å². The van der Waals surface area contributed by atoms with Gasteiger partial charge in [0.15, 0.2) is 11.5 Å². The number of nitrogens with zero attached hydrogens (tertiary/aromatic N) is 1. The third kappa shape index (κ3) is 3.49. The number of benzene rings is 3. The maximum atomic E-state index is 13.9. The molecule has 0 aromatic heterocycles. The molecule has 2 aliphatic rings. The molecule has 3 aromatic carbocycles. The standard InChI is InChI=1S/C24H21NO7S/c1-14-6-8-15(9-7-14)33(29,30)25-19(11-23(27)28)16-4-2-3-5-17(16)24(25)18-10-21-22(12-20(18)26)32-13-31-21/h2-10,12,19,24,26H,11,13H2,1H3,(H,27,28)/t19-,24-/m0/s1. The molecule has 170 valence electrons. The first-order chi connectivity index (χ1) is 15.8. The first-order valence-electron chi connectivity index (χ1n) is 10.3. The highest BCUT2D eigenvalue weighted by atomic mass is 32.2. The van der Waals surface area contributed by atoms with Crippen molar-refractivity contribution < 1.29 is 32.9 Å². The van der Waals surface area contributed by atoms with Crippen molar-refractivity contribution in [3.05, 3.63) is 82.9 Å². The normalized spacial score (nSPS) is 19.4. The number of carboxylic acids is 1. The van der Waals surface area contributed by atoms with E-state index in [4.69, 9.17) is 9.47 Å². The molecule has 0 unspecified atom stereocenters. The Morgan fingerprint density at radius 1 is 1.00 bits per heavy atom. The smallest absolute Gasteiger partial charge is 0.305 e. The van der Waals surface area contributed by atoms with Crippen LogP contribution >= 0.6 is 0 Å². The van der Waals surface area contributed by atoms with Crippen LogP contribution in [0.2, 0.25) is 0 Å². The van der Waals surface area contributed by atoms with Gasteiger partial charge in [-0.3, -0.25) is 4.79 Å². The Bertz CT molecular complexity index is 1350. The molecule has 0 bridgehead atoms. The van der Waals surface area contributed by atoms with Crippen molar-refractivity contribution in [2.45, 2.75) is 30.3 Å². The number of phenolic OH excluding ortho intramolecular Hbond substituents is 1. The van der Waals surface area contributed by atoms with Crippen molar-refractivity contribution in [1.29, 1.82) is 0 Å². The second-order valence-electron chi connectivity index (χ2n) is 8.06. The van der Waals surface area contributed by atoms with Crippen LogP contribution in [0.25, 0.3) is 0 Å². The molecule has 2 aliphatic heterocycles. The average molecular weight is 467 g/mol. The SMILES string of the molecule is Cc1ccc(S(=O)(=O)N2[C@H](c3cc4c(cc3O)OCO4)c3ccccc3[C@@H]2CC(=O)O)cc1. The maximum absolute atomic E-state index is 13.9. The third-order valence-corrected chi connectivity index (χ3v) is 7.88. The predicted molar refractivity (Wildman–Crippen MR) is 118 cm³/mol. The number of aromatic hydroxyl groups is 1. The number of hydrogen-bond acceptors (Lipinski definition) is 6. The van der Waals surface area contributed by atoms with Crippen LogP contribution in [-0.2, 0) is 14.8 Å². The summed E-state index contributed by atoms with van der Waals surface area (Å²) in [4.78, 5) is 11.8. The zero-order valence-corrected chi connectivity index (χ0v) is 18.5. The maximum Gasteiger partial charge on any atom is 0.305 e. The van der Waals surface area contributed by atoms with Crippen molar-refractivity contribution in [2.75, 3.05) is 6.79 Å². The van der Waals surface area contributed by atoms with Crippen molar-refractivity contribution in [3.8, 4) is 17.2 Å². The Balaban J connectivity index is 1.75. The van der Waals surface area contributed by atoms with Crippen LogP contribution in [-0.4, -0.2) is 35.7 Å². The van der Waals surface area contributed by atoms with Gasteiger partial charge in [-0.05, 0) is 36.2 Å². The van der Waals surface area contributed by atoms with Gasteiger partial charge in [-0.15, -0.1) is 0 Å². The summed E-state index contributed by atoms with van der Waals surface area (Å²) in [6, 6.07) is 14.4. The van der Waals surface area contributed by atoms with Crippen LogP contribution in [0.3, 0.4) is 0 Å². The Morgan fingerprint density at radius 3 is 2.30 bits per heavy atom. The highest BCUT2D eigenvalue weighted by Gasteiger charge is 2.48. The third-order valence-electron chi connectivity index (χ3n) is 5.99. The largest absolute Gasteiger partial charge is 0.507 e. The zero-order chi connectivity index (χ0) is 23.3. The fraction of sp³-hybridized carbons (Fsp3) is 0.208. The minimum Gasteiger partial charge on any atom is -0.507 e. The highest BCUT2D eigenvalue weighted by Crippen LogP contribution is 2.53. The van der Waals surface area contributed by atoms with E-state index in [0.29, 0.717) is 22.6 Å². The van der Waals surface area contributed by atoms with Crippen LogP contribution < -0.4 is 9.47 Å². The number of aryl methyl sites for hydroxylation is 1. The van der Waals surface area contributed by atoms with Gasteiger partial charge in [-0.1, -0.05) is 42.0 Å². The number of aliphatic carboxylic acids is 1. The van der Waals surface area contributed by atoms with Gasteiger partial charge in [0, 0.05) is 11.6 Å². The van der Waals surface area contributed by atoms with E-state index in [1.165, 1.54) is 22.5 Å². The molecule has 0 aliphatic carbocycles. The number of ether oxygens (including phenoxy) is 2. The molecule has 0 radical (unpaired) electrons. The van der Waals surface area contributed by atoms with E-state index < -0.39 is 34.5 Å². The Morgan fingerprint density at radius 2 is 1.64 bits per heavy atom. The fourth-order valence-electron chi connectivity index (χ4n) is 4.49. The van der Waals surface area contributed by atoms with Gasteiger partial charge in [-0.2, -0.15) is 4.31 Å². The molecule has 33 heavy (non-hydrogen) atoms. The van der Waals surface area contributed by atoms with Crippen LogP contribution in [0.4, 0.5) is 0 Å². The average Bonchev–Trinajstić information content (AvgIpc) is 3.35. The summed E-state index contributed by atoms with van der Waals surface area (Å²) in [5, 5.41) is 20.5. The predicted octanol–water partition coefficient (Wildman–Crippen LogP) is 3.74. The van der Waals surface area contributed by atoms with Crippen molar-refractivity contribution in [3.63, 3.8) is 0 Å². The number of hydrogen-bond donors (Lipinski definition) is 2. The van der Waals surface area contributed by atoms with Gasteiger partial charge in [-0.25, -0.2) is 8.42 Å². The van der Waals surface area contributed by atoms with Crippen molar-refractivity contribution in [1.82, 2.24) is 4.31 Å². The lowest BCUT2D eigenvalue weighted by atomic mass is 9.96. The summed E-state index contributed by atoms with van der Waals surface area (Å²) in [6.45, 7) is 1.84. The van der Waals surface area contributed by atoms with Crippen LogP contribution in [0, 0.1) is 6.92 Å². The molecule has 2 atom stereocenters. The molecule has 0 amide bonds. The molecule has 8 nitrogen and oxygen atoms in total. The van der Waals surface area contributed by atoms with Gasteiger partial charge < -0.3 is 19.7 Å². The second-order valence-corrected chi connectivity index (χ2v) is 9.90. The molecular weight excluding hydrogens is 446 g/mol. The lowest BCUT2D eigenvalue weighted by Gasteiger charge is -2.30. The molecule has 2 heterocycles. The molecule has 5 rings (SSSR count). The Kier molecular flexibility index (Phi) is 5.02. The molecule has 2 N–H and O–H groups in total. The molecule has 0 spiro atoms. The number of carboxylic acid groups (broad SMARTS) is 1. The van der Waals surface area contributed by atoms with Crippen LogP contribution in [0.15, 0.2) is 65.6 Å². The lowest BCUT2D eigenvalue weighted by molar-refractivity contribution is -0.138. The minimum atomic E-state index is -4.16. The molecule has 0 fully saturated rings. The van der Waals surface area contributed by atoms with E-state index in [9.17, 15) is 23.4 Å². The van der Waals surface area contributed by atoms with Gasteiger partial charge in [0.25, 0.3) is 0 Å². The molecule has 9 heteroatoms. The zero-order valence-electron chi connectivity index (χ0n) is 17.6. The minimum absolute atomic E-state index is 0.00744. The van der Waals surface area contributed by atoms with Gasteiger partial charge >= 0.3 is 5.97 Å². The van der Waals surface area contributed by atoms with Crippen LogP contribution in [0.1, 0.15) is 40.8 Å². The lowest BCUT2D eigenvalue weighted by Crippen LogP contribution is -2.34. The first kappa shape index (κ1) is 21.3. The number of phenols is 1. The molecule has 3 aromatic rings. The second kappa shape index (κ2) is 7.79. The topological polar surface area (TPSA) is 113 Å². The summed E-state index contributed by atoms with van der Waals surface area (Å²) in [5.41, 5.74) is 2.37. The molecular formula is C24H21NO7S. The van der Waals surface area contributed by atoms with Crippen molar-refractivity contribution in [2.24, 2.45) is 0 Å². The van der Waals surface area contributed by atoms with E-state index in [2.05, 4.69) is 0 Å². The van der Waals surface area contributed by atoms with E-state index in [1.807, 2.05) is 6.92 Å². The monoisotopic (exact) mass is 467 g/mol. The summed E-state index contributed by atoms with van der Waals surface area (Å²) in [5.74, 6) is -0.555. The molecule has 0 saturated carbocycles. The molecule has 0 saturated heterocycles. The number of sulfonamides is 1.